The number of aryl methyl sites for hydroxylation is 1. The molecule has 0 atom stereocenters. The highest BCUT2D eigenvalue weighted by Gasteiger charge is 2.33. The smallest absolute Gasteiger partial charge is 0.373 e. The first-order valence-corrected chi connectivity index (χ1v) is 6.43. The molecule has 0 fully saturated rings. The molecule has 0 aliphatic heterocycles. The van der Waals surface area contributed by atoms with E-state index in [0.29, 0.717) is 23.9 Å². The molecule has 0 amide bonds. The molecule has 7 heteroatoms. The summed E-state index contributed by atoms with van der Waals surface area (Å²) in [4.78, 5) is 8.39. The van der Waals surface area contributed by atoms with Crippen molar-refractivity contribution in [1.82, 2.24) is 9.97 Å². The molecule has 0 saturated carbocycles. The van der Waals surface area contributed by atoms with E-state index in [1.54, 1.807) is 19.2 Å². The topological polar surface area (TPSA) is 49.8 Å². The molecular formula is C14H15F3N4. The Bertz CT molecular complexity index is 604. The second-order valence-electron chi connectivity index (χ2n) is 4.33. The summed E-state index contributed by atoms with van der Waals surface area (Å²) in [5.74, 6) is 1.42. The second kappa shape index (κ2) is 5.99. The van der Waals surface area contributed by atoms with Crippen molar-refractivity contribution in [3.05, 3.63) is 41.7 Å². The third-order valence-corrected chi connectivity index (χ3v) is 2.84. The summed E-state index contributed by atoms with van der Waals surface area (Å²) in [6, 6.07) is 6.86. The zero-order valence-corrected chi connectivity index (χ0v) is 11.6. The summed E-state index contributed by atoms with van der Waals surface area (Å²) in [5.41, 5.74) is -0.763. The van der Waals surface area contributed by atoms with Crippen LogP contribution in [0.2, 0.25) is 0 Å². The Balaban J connectivity index is 2.39. The molecule has 1 aromatic carbocycles. The van der Waals surface area contributed by atoms with Crippen LogP contribution in [-0.2, 0) is 12.6 Å². The Hall–Kier alpha value is -2.31. The first-order valence-electron chi connectivity index (χ1n) is 6.43. The maximum absolute atomic E-state index is 13.0. The summed E-state index contributed by atoms with van der Waals surface area (Å²) in [7, 11) is 1.69. The van der Waals surface area contributed by atoms with Crippen LogP contribution in [0.25, 0.3) is 0 Å². The van der Waals surface area contributed by atoms with Crippen LogP contribution in [0.3, 0.4) is 0 Å². The number of alkyl halides is 3. The van der Waals surface area contributed by atoms with Gasteiger partial charge in [0, 0.05) is 19.5 Å². The molecule has 0 unspecified atom stereocenters. The molecule has 4 nitrogen and oxygen atoms in total. The summed E-state index contributed by atoms with van der Waals surface area (Å²) in [5, 5.41) is 5.58. The van der Waals surface area contributed by atoms with E-state index in [1.165, 1.54) is 12.1 Å². The van der Waals surface area contributed by atoms with Crippen molar-refractivity contribution in [2.24, 2.45) is 0 Å². The predicted molar refractivity (Wildman–Crippen MR) is 75.7 cm³/mol. The van der Waals surface area contributed by atoms with Gasteiger partial charge in [0.05, 0.1) is 11.3 Å². The van der Waals surface area contributed by atoms with Crippen LogP contribution in [0.5, 0.6) is 0 Å². The van der Waals surface area contributed by atoms with Crippen LogP contribution in [0.1, 0.15) is 18.3 Å². The highest BCUT2D eigenvalue weighted by atomic mass is 19.4. The lowest BCUT2D eigenvalue weighted by molar-refractivity contribution is -0.136. The highest BCUT2D eigenvalue weighted by molar-refractivity contribution is 5.63. The number of aromatic nitrogens is 2. The first-order chi connectivity index (χ1) is 9.94. The van der Waals surface area contributed by atoms with Gasteiger partial charge in [-0.3, -0.25) is 0 Å². The minimum absolute atomic E-state index is 0.0344. The molecule has 0 aliphatic carbocycles. The minimum Gasteiger partial charge on any atom is -0.373 e. The Morgan fingerprint density at radius 1 is 1.10 bits per heavy atom. The number of benzene rings is 1. The Labute approximate surface area is 120 Å². The molecule has 1 heterocycles. The lowest BCUT2D eigenvalue weighted by atomic mass is 10.1. The quantitative estimate of drug-likeness (QED) is 0.900. The number of nitrogens with one attached hydrogen (secondary N) is 2. The van der Waals surface area contributed by atoms with E-state index in [2.05, 4.69) is 20.6 Å². The van der Waals surface area contributed by atoms with Crippen LogP contribution in [0, 0.1) is 0 Å². The van der Waals surface area contributed by atoms with Gasteiger partial charge in [0.25, 0.3) is 0 Å². The minimum atomic E-state index is -4.42. The normalized spacial score (nSPS) is 11.3. The van der Waals surface area contributed by atoms with E-state index in [1.807, 2.05) is 6.92 Å². The van der Waals surface area contributed by atoms with E-state index in [9.17, 15) is 13.2 Å². The molecular weight excluding hydrogens is 281 g/mol. The van der Waals surface area contributed by atoms with E-state index >= 15 is 0 Å². The lowest BCUT2D eigenvalue weighted by Crippen LogP contribution is -2.10. The summed E-state index contributed by atoms with van der Waals surface area (Å²) in [6.07, 6.45) is -3.83. The molecule has 112 valence electrons. The van der Waals surface area contributed by atoms with Gasteiger partial charge in [-0.25, -0.2) is 9.97 Å². The first kappa shape index (κ1) is 15.1. The molecule has 0 aliphatic rings. The van der Waals surface area contributed by atoms with E-state index in [-0.39, 0.29) is 5.69 Å². The van der Waals surface area contributed by atoms with Gasteiger partial charge in [-0.2, -0.15) is 13.2 Å². The van der Waals surface area contributed by atoms with Crippen molar-refractivity contribution in [3.63, 3.8) is 0 Å². The van der Waals surface area contributed by atoms with Gasteiger partial charge < -0.3 is 10.6 Å². The molecule has 21 heavy (non-hydrogen) atoms. The molecule has 1 aromatic heterocycles. The van der Waals surface area contributed by atoms with Crippen molar-refractivity contribution < 1.29 is 13.2 Å². The Morgan fingerprint density at radius 2 is 1.76 bits per heavy atom. The largest absolute Gasteiger partial charge is 0.418 e. The third-order valence-electron chi connectivity index (χ3n) is 2.84. The molecule has 2 N–H and O–H groups in total. The molecule has 0 saturated heterocycles. The fourth-order valence-electron chi connectivity index (χ4n) is 1.82. The monoisotopic (exact) mass is 296 g/mol. The summed E-state index contributed by atoms with van der Waals surface area (Å²) >= 11 is 0. The molecule has 0 bridgehead atoms. The zero-order chi connectivity index (χ0) is 15.5. The van der Waals surface area contributed by atoms with Crippen LogP contribution < -0.4 is 10.6 Å². The number of anilines is 3. The van der Waals surface area contributed by atoms with Gasteiger partial charge >= 0.3 is 6.18 Å². The molecule has 0 radical (unpaired) electrons. The van der Waals surface area contributed by atoms with Gasteiger partial charge in [-0.1, -0.05) is 19.1 Å². The molecule has 2 aromatic rings. The number of nitrogens with zero attached hydrogens (tertiary/aromatic N) is 2. The SMILES string of the molecule is CCc1nc(NC)cc(Nc2ccccc2C(F)(F)F)n1. The van der Waals surface area contributed by atoms with Crippen molar-refractivity contribution in [3.8, 4) is 0 Å². The number of rotatable bonds is 4. The average molecular weight is 296 g/mol. The number of hydrogen-bond donors (Lipinski definition) is 2. The predicted octanol–water partition coefficient (Wildman–Crippen LogP) is 3.84. The van der Waals surface area contributed by atoms with Gasteiger partial charge in [-0.05, 0) is 12.1 Å². The maximum atomic E-state index is 13.0. The van der Waals surface area contributed by atoms with Crippen LogP contribution >= 0.6 is 0 Å². The Morgan fingerprint density at radius 3 is 2.38 bits per heavy atom. The fourth-order valence-corrected chi connectivity index (χ4v) is 1.82. The van der Waals surface area contributed by atoms with Gasteiger partial charge in [0.1, 0.15) is 17.5 Å². The third kappa shape index (κ3) is 3.62. The van der Waals surface area contributed by atoms with Crippen molar-refractivity contribution in [1.29, 1.82) is 0 Å². The highest BCUT2D eigenvalue weighted by Crippen LogP contribution is 2.35. The van der Waals surface area contributed by atoms with Gasteiger partial charge in [0.2, 0.25) is 0 Å². The lowest BCUT2D eigenvalue weighted by Gasteiger charge is -2.14. The van der Waals surface area contributed by atoms with Crippen LogP contribution in [0.15, 0.2) is 30.3 Å². The van der Waals surface area contributed by atoms with Crippen molar-refractivity contribution >= 4 is 17.3 Å². The summed E-state index contributed by atoms with van der Waals surface area (Å²) in [6.45, 7) is 1.88. The summed E-state index contributed by atoms with van der Waals surface area (Å²) < 4.78 is 38.9. The van der Waals surface area contributed by atoms with Crippen LogP contribution in [0.4, 0.5) is 30.5 Å². The Kier molecular flexibility index (Phi) is 4.30. The number of hydrogen-bond acceptors (Lipinski definition) is 4. The number of halogens is 3. The van der Waals surface area contributed by atoms with E-state index < -0.39 is 11.7 Å². The number of para-hydroxylation sites is 1. The standard InChI is InChI=1S/C14H15F3N4/c1-3-11-20-12(18-2)8-13(21-11)19-10-7-5-4-6-9(10)14(15,16)17/h4-8H,3H2,1-2H3,(H2,18,19,20,21). The zero-order valence-electron chi connectivity index (χ0n) is 11.6. The molecule has 2 rings (SSSR count). The molecule has 0 spiro atoms. The van der Waals surface area contributed by atoms with E-state index in [0.717, 1.165) is 6.07 Å². The van der Waals surface area contributed by atoms with Crippen molar-refractivity contribution in [2.45, 2.75) is 19.5 Å². The maximum Gasteiger partial charge on any atom is 0.418 e. The fraction of sp³-hybridized carbons (Fsp3) is 0.286. The van der Waals surface area contributed by atoms with Gasteiger partial charge in [-0.15, -0.1) is 0 Å². The van der Waals surface area contributed by atoms with E-state index in [4.69, 9.17) is 0 Å². The van der Waals surface area contributed by atoms with Crippen LogP contribution in [-0.4, -0.2) is 17.0 Å². The van der Waals surface area contributed by atoms with Crippen molar-refractivity contribution in [2.75, 3.05) is 17.7 Å². The second-order valence-corrected chi connectivity index (χ2v) is 4.33. The average Bonchev–Trinajstić information content (AvgIpc) is 2.46. The van der Waals surface area contributed by atoms with Gasteiger partial charge in [0.15, 0.2) is 0 Å².